The number of aromatic hydroxyl groups is 1. The lowest BCUT2D eigenvalue weighted by molar-refractivity contribution is 0.177. The lowest BCUT2D eigenvalue weighted by atomic mass is 10.1. The van der Waals surface area contributed by atoms with E-state index in [9.17, 15) is 9.90 Å². The topological polar surface area (TPSA) is 67.8 Å². The molecule has 1 aliphatic heterocycles. The van der Waals surface area contributed by atoms with Gasteiger partial charge in [0.15, 0.2) is 11.5 Å². The number of phenolic OH excluding ortho intramolecular Hbond substituents is 1. The molecule has 1 aliphatic rings. The molecule has 0 spiro atoms. The summed E-state index contributed by atoms with van der Waals surface area (Å²) in [5.74, 6) is 0.511. The van der Waals surface area contributed by atoms with Crippen molar-refractivity contribution < 1.29 is 19.4 Å². The van der Waals surface area contributed by atoms with Crippen LogP contribution in [0.5, 0.6) is 11.5 Å². The molecule has 0 unspecified atom stereocenters. The fourth-order valence-electron chi connectivity index (χ4n) is 1.58. The van der Waals surface area contributed by atoms with E-state index in [-0.39, 0.29) is 11.8 Å². The molecule has 1 aromatic rings. The number of benzene rings is 1. The molecule has 1 fully saturated rings. The van der Waals surface area contributed by atoms with Crippen molar-refractivity contribution in [2.75, 3.05) is 13.2 Å². The zero-order valence-corrected chi connectivity index (χ0v) is 8.90. The van der Waals surface area contributed by atoms with Crippen LogP contribution in [-0.2, 0) is 4.74 Å². The third-order valence-corrected chi connectivity index (χ3v) is 2.36. The number of alkyl carbamates (subject to hydrolysis) is 1. The standard InChI is InChI=1S/C11H13NO4/c1-2-15-10-5-7(3-4-9(10)13)8-6-16-11(14)12-8/h3-5,8,13H,2,6H2,1H3,(H,12,14)/t8-/m0/s1. The Labute approximate surface area is 93.0 Å². The van der Waals surface area contributed by atoms with Gasteiger partial charge in [0, 0.05) is 0 Å². The number of ether oxygens (including phenoxy) is 2. The van der Waals surface area contributed by atoms with Crippen LogP contribution in [0, 0.1) is 0 Å². The minimum atomic E-state index is -0.420. The summed E-state index contributed by atoms with van der Waals surface area (Å²) < 4.78 is 10.1. The summed E-state index contributed by atoms with van der Waals surface area (Å²) in [6.07, 6.45) is -0.420. The predicted molar refractivity (Wildman–Crippen MR) is 56.5 cm³/mol. The lowest BCUT2D eigenvalue weighted by Gasteiger charge is -2.11. The van der Waals surface area contributed by atoms with E-state index in [1.54, 1.807) is 18.2 Å². The van der Waals surface area contributed by atoms with Gasteiger partial charge in [-0.2, -0.15) is 0 Å². The van der Waals surface area contributed by atoms with Crippen molar-refractivity contribution in [1.29, 1.82) is 0 Å². The molecule has 1 amide bonds. The first kappa shape index (κ1) is 10.6. The number of carbonyl (C=O) groups excluding carboxylic acids is 1. The second-order valence-electron chi connectivity index (χ2n) is 3.46. The molecule has 2 N–H and O–H groups in total. The highest BCUT2D eigenvalue weighted by Crippen LogP contribution is 2.30. The summed E-state index contributed by atoms with van der Waals surface area (Å²) >= 11 is 0. The van der Waals surface area contributed by atoms with Gasteiger partial charge >= 0.3 is 6.09 Å². The van der Waals surface area contributed by atoms with E-state index in [1.165, 1.54) is 0 Å². The van der Waals surface area contributed by atoms with Gasteiger partial charge in [-0.3, -0.25) is 0 Å². The van der Waals surface area contributed by atoms with Gasteiger partial charge in [0.1, 0.15) is 6.61 Å². The normalized spacial score (nSPS) is 19.1. The first-order valence-electron chi connectivity index (χ1n) is 5.09. The number of rotatable bonds is 3. The molecule has 2 rings (SSSR count). The Morgan fingerprint density at radius 3 is 3.06 bits per heavy atom. The van der Waals surface area contributed by atoms with Crippen LogP contribution in [0.1, 0.15) is 18.5 Å². The highest BCUT2D eigenvalue weighted by atomic mass is 16.6. The zero-order chi connectivity index (χ0) is 11.5. The third-order valence-electron chi connectivity index (χ3n) is 2.36. The summed E-state index contributed by atoms with van der Waals surface area (Å²) in [4.78, 5) is 10.9. The molecule has 16 heavy (non-hydrogen) atoms. The Morgan fingerprint density at radius 1 is 1.62 bits per heavy atom. The van der Waals surface area contributed by atoms with Crippen molar-refractivity contribution in [2.45, 2.75) is 13.0 Å². The number of nitrogens with one attached hydrogen (secondary N) is 1. The average Bonchev–Trinajstić information content (AvgIpc) is 2.69. The molecule has 86 valence electrons. The third kappa shape index (κ3) is 2.03. The number of hydrogen-bond donors (Lipinski definition) is 2. The van der Waals surface area contributed by atoms with Crippen LogP contribution in [-0.4, -0.2) is 24.4 Å². The van der Waals surface area contributed by atoms with E-state index < -0.39 is 6.09 Å². The molecule has 0 aliphatic carbocycles. The highest BCUT2D eigenvalue weighted by molar-refractivity contribution is 5.70. The minimum absolute atomic E-state index is 0.0934. The Balaban J connectivity index is 2.21. The van der Waals surface area contributed by atoms with Gasteiger partial charge in [0.25, 0.3) is 0 Å². The number of phenols is 1. The molecule has 0 radical (unpaired) electrons. The summed E-state index contributed by atoms with van der Waals surface area (Å²) in [6.45, 7) is 2.62. The maximum atomic E-state index is 10.9. The van der Waals surface area contributed by atoms with E-state index in [0.717, 1.165) is 5.56 Å². The molecule has 1 aromatic carbocycles. The number of carbonyl (C=O) groups is 1. The monoisotopic (exact) mass is 223 g/mol. The molecular formula is C11H13NO4. The highest BCUT2D eigenvalue weighted by Gasteiger charge is 2.24. The van der Waals surface area contributed by atoms with Gasteiger partial charge in [-0.05, 0) is 24.6 Å². The van der Waals surface area contributed by atoms with E-state index in [0.29, 0.717) is 19.0 Å². The van der Waals surface area contributed by atoms with Gasteiger partial charge < -0.3 is 19.9 Å². The quantitative estimate of drug-likeness (QED) is 0.816. The number of amides is 1. The van der Waals surface area contributed by atoms with Crippen molar-refractivity contribution in [3.05, 3.63) is 23.8 Å². The van der Waals surface area contributed by atoms with Gasteiger partial charge in [-0.25, -0.2) is 4.79 Å². The molecule has 1 saturated heterocycles. The SMILES string of the molecule is CCOc1cc([C@@H]2COC(=O)N2)ccc1O. The summed E-state index contributed by atoms with van der Waals surface area (Å²) in [5.41, 5.74) is 0.854. The Hall–Kier alpha value is -1.91. The molecule has 0 saturated carbocycles. The largest absolute Gasteiger partial charge is 0.504 e. The van der Waals surface area contributed by atoms with Gasteiger partial charge in [-0.1, -0.05) is 6.07 Å². The van der Waals surface area contributed by atoms with E-state index in [1.807, 2.05) is 6.92 Å². The average molecular weight is 223 g/mol. The zero-order valence-electron chi connectivity index (χ0n) is 8.90. The van der Waals surface area contributed by atoms with Crippen molar-refractivity contribution in [2.24, 2.45) is 0 Å². The van der Waals surface area contributed by atoms with Gasteiger partial charge in [0.2, 0.25) is 0 Å². The van der Waals surface area contributed by atoms with Crippen molar-refractivity contribution in [3.63, 3.8) is 0 Å². The van der Waals surface area contributed by atoms with Crippen molar-refractivity contribution in [3.8, 4) is 11.5 Å². The Morgan fingerprint density at radius 2 is 2.44 bits per heavy atom. The Kier molecular flexibility index (Phi) is 2.85. The second kappa shape index (κ2) is 4.30. The van der Waals surface area contributed by atoms with Crippen molar-refractivity contribution >= 4 is 6.09 Å². The summed E-state index contributed by atoms with van der Waals surface area (Å²) in [6, 6.07) is 4.81. The summed E-state index contributed by atoms with van der Waals surface area (Å²) in [7, 11) is 0. The number of cyclic esters (lactones) is 1. The second-order valence-corrected chi connectivity index (χ2v) is 3.46. The van der Waals surface area contributed by atoms with Crippen LogP contribution < -0.4 is 10.1 Å². The number of hydrogen-bond acceptors (Lipinski definition) is 4. The molecule has 0 bridgehead atoms. The van der Waals surface area contributed by atoms with Crippen LogP contribution in [0.15, 0.2) is 18.2 Å². The molecular weight excluding hydrogens is 210 g/mol. The van der Waals surface area contributed by atoms with E-state index >= 15 is 0 Å². The maximum Gasteiger partial charge on any atom is 0.407 e. The molecule has 1 heterocycles. The van der Waals surface area contributed by atoms with Crippen LogP contribution in [0.4, 0.5) is 4.79 Å². The van der Waals surface area contributed by atoms with Crippen molar-refractivity contribution in [1.82, 2.24) is 5.32 Å². The minimum Gasteiger partial charge on any atom is -0.504 e. The lowest BCUT2D eigenvalue weighted by Crippen LogP contribution is -2.18. The van der Waals surface area contributed by atoms with Crippen LogP contribution in [0.2, 0.25) is 0 Å². The fourth-order valence-corrected chi connectivity index (χ4v) is 1.58. The smallest absolute Gasteiger partial charge is 0.407 e. The van der Waals surface area contributed by atoms with Gasteiger partial charge in [0.05, 0.1) is 12.6 Å². The fraction of sp³-hybridized carbons (Fsp3) is 0.364. The molecule has 5 heteroatoms. The van der Waals surface area contributed by atoms with Crippen LogP contribution in [0.25, 0.3) is 0 Å². The van der Waals surface area contributed by atoms with Crippen LogP contribution in [0.3, 0.4) is 0 Å². The first-order chi connectivity index (χ1) is 7.70. The van der Waals surface area contributed by atoms with Gasteiger partial charge in [-0.15, -0.1) is 0 Å². The maximum absolute atomic E-state index is 10.9. The first-order valence-corrected chi connectivity index (χ1v) is 5.09. The Bertz CT molecular complexity index is 405. The van der Waals surface area contributed by atoms with Crippen LogP contribution >= 0.6 is 0 Å². The van der Waals surface area contributed by atoms with E-state index in [4.69, 9.17) is 9.47 Å². The predicted octanol–water partition coefficient (Wildman–Crippen LogP) is 1.57. The molecule has 1 atom stereocenters. The van der Waals surface area contributed by atoms with E-state index in [2.05, 4.69) is 5.32 Å². The molecule has 0 aromatic heterocycles. The summed E-state index contributed by atoms with van der Waals surface area (Å²) in [5, 5.41) is 12.2. The molecule has 5 nitrogen and oxygen atoms in total.